The number of piperidine rings is 1. The van der Waals surface area contributed by atoms with Gasteiger partial charge in [0.1, 0.15) is 5.82 Å². The van der Waals surface area contributed by atoms with Gasteiger partial charge in [0.2, 0.25) is 5.91 Å². The summed E-state index contributed by atoms with van der Waals surface area (Å²) in [5.74, 6) is 0.569. The maximum absolute atomic E-state index is 13.5. The molecular weight excluding hydrogens is 431 g/mol. The quantitative estimate of drug-likeness (QED) is 0.572. The van der Waals surface area contributed by atoms with Crippen molar-refractivity contribution in [1.82, 2.24) is 29.5 Å². The Morgan fingerprint density at radius 1 is 0.971 bits per heavy atom. The Hall–Kier alpha value is -3.13. The van der Waals surface area contributed by atoms with E-state index in [4.69, 9.17) is 5.10 Å². The van der Waals surface area contributed by atoms with Gasteiger partial charge in [0, 0.05) is 37.0 Å². The van der Waals surface area contributed by atoms with Gasteiger partial charge in [0.05, 0.1) is 17.9 Å². The normalized spacial score (nSPS) is 19.7. The molecule has 8 heteroatoms. The summed E-state index contributed by atoms with van der Waals surface area (Å²) in [6, 6.07) is 10.2. The van der Waals surface area contributed by atoms with Crippen molar-refractivity contribution in [2.45, 2.75) is 44.4 Å². The first-order valence-corrected chi connectivity index (χ1v) is 12.3. The Bertz CT molecular complexity index is 1090. The van der Waals surface area contributed by atoms with Crippen LogP contribution in [0.3, 0.4) is 0 Å². The van der Waals surface area contributed by atoms with E-state index in [2.05, 4.69) is 14.9 Å². The number of carbonyl (C=O) groups is 1. The standard InChI is InChI=1S/C26H31FN6O/c27-22-10-8-20(9-11-22)23-17-24(33(30-23)26-28-12-6-13-29-26)21-7-5-16-32(18-21)25(34)19-31-14-3-1-2-4-15-31/h6,8-13,17,21H,1-5,7,14-16,18-19H2. The number of hydrogen-bond acceptors (Lipinski definition) is 5. The van der Waals surface area contributed by atoms with Crippen LogP contribution in [0, 0.1) is 5.82 Å². The molecule has 5 rings (SSSR count). The number of halogens is 1. The summed E-state index contributed by atoms with van der Waals surface area (Å²) in [6.45, 7) is 4.00. The number of carbonyl (C=O) groups excluding carboxylic acids is 1. The Balaban J connectivity index is 1.39. The largest absolute Gasteiger partial charge is 0.341 e. The van der Waals surface area contributed by atoms with E-state index < -0.39 is 0 Å². The molecule has 3 aromatic rings. The van der Waals surface area contributed by atoms with Crippen molar-refractivity contribution in [3.8, 4) is 17.2 Å². The van der Waals surface area contributed by atoms with Gasteiger partial charge in [-0.3, -0.25) is 9.69 Å². The van der Waals surface area contributed by atoms with E-state index >= 15 is 0 Å². The van der Waals surface area contributed by atoms with Crippen molar-refractivity contribution in [2.75, 3.05) is 32.7 Å². The zero-order valence-electron chi connectivity index (χ0n) is 19.4. The van der Waals surface area contributed by atoms with Gasteiger partial charge in [-0.1, -0.05) is 12.8 Å². The highest BCUT2D eigenvalue weighted by Gasteiger charge is 2.29. The van der Waals surface area contributed by atoms with E-state index in [9.17, 15) is 9.18 Å². The van der Waals surface area contributed by atoms with Crippen LogP contribution in [0.25, 0.3) is 17.2 Å². The number of nitrogens with zero attached hydrogens (tertiary/aromatic N) is 6. The fourth-order valence-electron chi connectivity index (χ4n) is 5.04. The van der Waals surface area contributed by atoms with Crippen molar-refractivity contribution in [1.29, 1.82) is 0 Å². The fraction of sp³-hybridized carbons (Fsp3) is 0.462. The Morgan fingerprint density at radius 3 is 2.44 bits per heavy atom. The lowest BCUT2D eigenvalue weighted by molar-refractivity contribution is -0.133. The third-order valence-corrected chi connectivity index (χ3v) is 6.87. The van der Waals surface area contributed by atoms with Crippen molar-refractivity contribution < 1.29 is 9.18 Å². The first kappa shape index (κ1) is 22.7. The van der Waals surface area contributed by atoms with Gasteiger partial charge in [-0.25, -0.2) is 19.0 Å². The second kappa shape index (κ2) is 10.4. The lowest BCUT2D eigenvalue weighted by Crippen LogP contribution is -2.45. The molecule has 1 aromatic carbocycles. The first-order chi connectivity index (χ1) is 16.7. The zero-order chi connectivity index (χ0) is 23.3. The van der Waals surface area contributed by atoms with Gasteiger partial charge in [-0.2, -0.15) is 5.10 Å². The van der Waals surface area contributed by atoms with Gasteiger partial charge in [-0.05, 0) is 75.2 Å². The highest BCUT2D eigenvalue weighted by Crippen LogP contribution is 2.31. The second-order valence-corrected chi connectivity index (χ2v) is 9.29. The van der Waals surface area contributed by atoms with E-state index in [1.54, 1.807) is 35.3 Å². The van der Waals surface area contributed by atoms with Gasteiger partial charge in [0.15, 0.2) is 0 Å². The Kier molecular flexibility index (Phi) is 6.94. The number of hydrogen-bond donors (Lipinski definition) is 0. The minimum absolute atomic E-state index is 0.132. The summed E-state index contributed by atoms with van der Waals surface area (Å²) in [5.41, 5.74) is 2.57. The van der Waals surface area contributed by atoms with E-state index in [0.29, 0.717) is 19.0 Å². The lowest BCUT2D eigenvalue weighted by Gasteiger charge is -2.34. The molecule has 34 heavy (non-hydrogen) atoms. The highest BCUT2D eigenvalue weighted by molar-refractivity contribution is 5.78. The smallest absolute Gasteiger partial charge is 0.250 e. The second-order valence-electron chi connectivity index (χ2n) is 9.29. The third kappa shape index (κ3) is 5.17. The zero-order valence-corrected chi connectivity index (χ0v) is 19.4. The van der Waals surface area contributed by atoms with Crippen LogP contribution in [-0.2, 0) is 4.79 Å². The SMILES string of the molecule is O=C(CN1CCCCCC1)N1CCCC(c2cc(-c3ccc(F)cc3)nn2-c2ncccn2)C1. The molecule has 2 aliphatic rings. The molecule has 0 radical (unpaired) electrons. The molecule has 0 N–H and O–H groups in total. The predicted molar refractivity (Wildman–Crippen MR) is 128 cm³/mol. The van der Waals surface area contributed by atoms with Gasteiger partial charge < -0.3 is 4.90 Å². The van der Waals surface area contributed by atoms with Crippen LogP contribution in [0.1, 0.15) is 50.1 Å². The summed E-state index contributed by atoms with van der Waals surface area (Å²) in [5, 5.41) is 4.79. The van der Waals surface area contributed by atoms with Gasteiger partial charge >= 0.3 is 0 Å². The minimum Gasteiger partial charge on any atom is -0.341 e. The van der Waals surface area contributed by atoms with Gasteiger partial charge in [0.25, 0.3) is 5.95 Å². The Morgan fingerprint density at radius 2 is 1.71 bits per heavy atom. The van der Waals surface area contributed by atoms with Gasteiger partial charge in [-0.15, -0.1) is 0 Å². The first-order valence-electron chi connectivity index (χ1n) is 12.3. The lowest BCUT2D eigenvalue weighted by atomic mass is 9.94. The van der Waals surface area contributed by atoms with E-state index in [-0.39, 0.29) is 17.6 Å². The Labute approximate surface area is 199 Å². The van der Waals surface area contributed by atoms with Crippen LogP contribution in [0.4, 0.5) is 4.39 Å². The predicted octanol–water partition coefficient (Wildman–Crippen LogP) is 4.05. The minimum atomic E-state index is -0.277. The fourth-order valence-corrected chi connectivity index (χ4v) is 5.04. The summed E-state index contributed by atoms with van der Waals surface area (Å²) in [7, 11) is 0. The topological polar surface area (TPSA) is 67.2 Å². The van der Waals surface area contributed by atoms with Crippen LogP contribution >= 0.6 is 0 Å². The molecule has 0 aliphatic carbocycles. The molecule has 4 heterocycles. The number of amides is 1. The molecule has 2 fully saturated rings. The number of rotatable bonds is 5. The molecule has 1 atom stereocenters. The van der Waals surface area contributed by atoms with Crippen LogP contribution in [0.15, 0.2) is 48.8 Å². The molecule has 1 amide bonds. The average molecular weight is 463 g/mol. The van der Waals surface area contributed by atoms with Crippen molar-refractivity contribution >= 4 is 5.91 Å². The summed E-state index contributed by atoms with van der Waals surface area (Å²) in [6.07, 6.45) is 10.2. The summed E-state index contributed by atoms with van der Waals surface area (Å²) in [4.78, 5) is 26.3. The third-order valence-electron chi connectivity index (χ3n) is 6.87. The average Bonchev–Trinajstić information content (AvgIpc) is 3.16. The monoisotopic (exact) mass is 462 g/mol. The summed E-state index contributed by atoms with van der Waals surface area (Å²) >= 11 is 0. The molecule has 1 unspecified atom stereocenters. The van der Waals surface area contributed by atoms with Crippen LogP contribution in [0.2, 0.25) is 0 Å². The van der Waals surface area contributed by atoms with Crippen molar-refractivity contribution in [3.63, 3.8) is 0 Å². The molecule has 2 aromatic heterocycles. The van der Waals surface area contributed by atoms with Crippen LogP contribution < -0.4 is 0 Å². The van der Waals surface area contributed by atoms with E-state index in [1.807, 2.05) is 11.0 Å². The van der Waals surface area contributed by atoms with Crippen LogP contribution in [-0.4, -0.2) is 68.2 Å². The molecule has 2 saturated heterocycles. The highest BCUT2D eigenvalue weighted by atomic mass is 19.1. The molecule has 2 aliphatic heterocycles. The maximum Gasteiger partial charge on any atom is 0.250 e. The molecule has 178 valence electrons. The van der Waals surface area contributed by atoms with E-state index in [1.165, 1.54) is 37.8 Å². The van der Waals surface area contributed by atoms with Crippen molar-refractivity contribution in [3.05, 3.63) is 60.3 Å². The molecule has 0 saturated carbocycles. The number of benzene rings is 1. The van der Waals surface area contributed by atoms with Crippen molar-refractivity contribution in [2.24, 2.45) is 0 Å². The van der Waals surface area contributed by atoms with Crippen LogP contribution in [0.5, 0.6) is 0 Å². The maximum atomic E-state index is 13.5. The molecular formula is C26H31FN6O. The number of likely N-dealkylation sites (tertiary alicyclic amines) is 2. The molecule has 7 nitrogen and oxygen atoms in total. The molecule has 0 spiro atoms. The summed E-state index contributed by atoms with van der Waals surface area (Å²) < 4.78 is 15.2. The number of aromatic nitrogens is 4. The van der Waals surface area contributed by atoms with E-state index in [0.717, 1.165) is 49.4 Å². The molecule has 0 bridgehead atoms.